The number of hydrogen-bond donors (Lipinski definition) is 1. The first-order valence-corrected chi connectivity index (χ1v) is 12.0. The van der Waals surface area contributed by atoms with Gasteiger partial charge in [0.05, 0.1) is 17.1 Å². The second-order valence-electron chi connectivity index (χ2n) is 9.71. The monoisotopic (exact) mass is 493 g/mol. The van der Waals surface area contributed by atoms with E-state index >= 15 is 0 Å². The molecule has 0 aliphatic carbocycles. The van der Waals surface area contributed by atoms with Gasteiger partial charge in [-0.25, -0.2) is 0 Å². The second kappa shape index (κ2) is 10.2. The summed E-state index contributed by atoms with van der Waals surface area (Å²) in [7, 11) is 0. The molecule has 0 bridgehead atoms. The van der Waals surface area contributed by atoms with Crippen molar-refractivity contribution in [2.75, 3.05) is 0 Å². The van der Waals surface area contributed by atoms with Crippen LogP contribution in [0.2, 0.25) is 0 Å². The molecule has 4 aromatic rings. The van der Waals surface area contributed by atoms with E-state index in [-0.39, 0.29) is 17.9 Å². The lowest BCUT2D eigenvalue weighted by atomic mass is 9.98. The molecular formula is C29H30F3N3O. The number of fused-ring (bicyclic) bond motifs is 1. The molecule has 1 aromatic heterocycles. The van der Waals surface area contributed by atoms with Gasteiger partial charge in [-0.3, -0.25) is 9.48 Å². The minimum atomic E-state index is -4.38. The molecule has 0 aliphatic rings. The molecular weight excluding hydrogens is 463 g/mol. The van der Waals surface area contributed by atoms with Crippen molar-refractivity contribution in [1.29, 1.82) is 0 Å². The van der Waals surface area contributed by atoms with E-state index in [1.807, 2.05) is 56.3 Å². The molecule has 0 radical (unpaired) electrons. The highest BCUT2D eigenvalue weighted by molar-refractivity contribution is 6.06. The summed E-state index contributed by atoms with van der Waals surface area (Å²) in [6.07, 6.45) is -3.99. The zero-order valence-corrected chi connectivity index (χ0v) is 20.9. The fourth-order valence-corrected chi connectivity index (χ4v) is 4.34. The molecule has 0 saturated heterocycles. The van der Waals surface area contributed by atoms with Gasteiger partial charge in [0.15, 0.2) is 0 Å². The summed E-state index contributed by atoms with van der Waals surface area (Å²) in [6, 6.07) is 18.6. The lowest BCUT2D eigenvalue weighted by Crippen LogP contribution is -2.29. The van der Waals surface area contributed by atoms with Gasteiger partial charge in [-0.15, -0.1) is 0 Å². The Morgan fingerprint density at radius 2 is 1.64 bits per heavy atom. The lowest BCUT2D eigenvalue weighted by Gasteiger charge is -2.17. The van der Waals surface area contributed by atoms with Crippen LogP contribution in [0.15, 0.2) is 66.7 Å². The predicted octanol–water partition coefficient (Wildman–Crippen LogP) is 7.10. The highest BCUT2D eigenvalue weighted by Gasteiger charge is 2.30. The number of aromatic nitrogens is 2. The minimum Gasteiger partial charge on any atom is -0.344 e. The number of amides is 1. The van der Waals surface area contributed by atoms with Crippen molar-refractivity contribution in [3.63, 3.8) is 0 Å². The summed E-state index contributed by atoms with van der Waals surface area (Å²) in [5.41, 5.74) is 4.19. The number of halogens is 3. The fourth-order valence-electron chi connectivity index (χ4n) is 4.34. The van der Waals surface area contributed by atoms with Gasteiger partial charge < -0.3 is 5.32 Å². The van der Waals surface area contributed by atoms with Crippen molar-refractivity contribution >= 4 is 16.8 Å². The summed E-state index contributed by atoms with van der Waals surface area (Å²) in [6.45, 7) is 8.65. The minimum absolute atomic E-state index is 0.211. The zero-order chi connectivity index (χ0) is 26.0. The third-order valence-corrected chi connectivity index (χ3v) is 6.21. The Bertz CT molecular complexity index is 1350. The molecule has 7 heteroatoms. The Kier molecular flexibility index (Phi) is 7.20. The normalized spacial score (nSPS) is 12.8. The van der Waals surface area contributed by atoms with E-state index in [1.54, 1.807) is 4.68 Å². The first-order valence-electron chi connectivity index (χ1n) is 12.0. The van der Waals surface area contributed by atoms with Crippen LogP contribution in [-0.4, -0.2) is 15.7 Å². The number of carbonyl (C=O) groups excluding carboxylic acids is 1. The fraction of sp³-hybridized carbons (Fsp3) is 0.310. The van der Waals surface area contributed by atoms with Crippen LogP contribution in [-0.2, 0) is 19.1 Å². The molecule has 1 heterocycles. The Morgan fingerprint density at radius 1 is 0.972 bits per heavy atom. The van der Waals surface area contributed by atoms with Crippen molar-refractivity contribution in [1.82, 2.24) is 15.1 Å². The molecule has 188 valence electrons. The predicted molar refractivity (Wildman–Crippen MR) is 136 cm³/mol. The third-order valence-electron chi connectivity index (χ3n) is 6.21. The molecule has 3 aromatic carbocycles. The van der Waals surface area contributed by atoms with E-state index in [2.05, 4.69) is 19.2 Å². The maximum absolute atomic E-state index is 13.6. The van der Waals surface area contributed by atoms with Crippen LogP contribution in [0.5, 0.6) is 0 Å². The summed E-state index contributed by atoms with van der Waals surface area (Å²) in [5, 5.41) is 8.56. The largest absolute Gasteiger partial charge is 0.416 e. The Hall–Kier alpha value is -3.61. The molecule has 0 saturated carbocycles. The van der Waals surface area contributed by atoms with Gasteiger partial charge in [0.1, 0.15) is 5.69 Å². The summed E-state index contributed by atoms with van der Waals surface area (Å²) in [5.74, 6) is 0.0323. The van der Waals surface area contributed by atoms with Gasteiger partial charge in [0, 0.05) is 11.9 Å². The third kappa shape index (κ3) is 5.61. The van der Waals surface area contributed by atoms with Gasteiger partial charge in [-0.2, -0.15) is 18.3 Å². The van der Waals surface area contributed by atoms with E-state index in [4.69, 9.17) is 5.10 Å². The number of benzene rings is 3. The van der Waals surface area contributed by atoms with Crippen molar-refractivity contribution in [2.45, 2.75) is 52.9 Å². The van der Waals surface area contributed by atoms with E-state index in [0.29, 0.717) is 24.2 Å². The van der Waals surface area contributed by atoms with Gasteiger partial charge in [-0.05, 0) is 61.1 Å². The topological polar surface area (TPSA) is 46.9 Å². The van der Waals surface area contributed by atoms with Crippen molar-refractivity contribution in [3.05, 3.63) is 100 Å². The van der Waals surface area contributed by atoms with Crippen LogP contribution in [0, 0.1) is 12.8 Å². The molecule has 1 amide bonds. The van der Waals surface area contributed by atoms with Gasteiger partial charge in [0.25, 0.3) is 5.91 Å². The molecule has 36 heavy (non-hydrogen) atoms. The quantitative estimate of drug-likeness (QED) is 0.298. The van der Waals surface area contributed by atoms with Crippen LogP contribution in [0.4, 0.5) is 13.2 Å². The van der Waals surface area contributed by atoms with Crippen LogP contribution in [0.3, 0.4) is 0 Å². The number of carbonyl (C=O) groups is 1. The van der Waals surface area contributed by atoms with Gasteiger partial charge in [0.2, 0.25) is 0 Å². The lowest BCUT2D eigenvalue weighted by molar-refractivity contribution is -0.137. The average molecular weight is 494 g/mol. The van der Waals surface area contributed by atoms with E-state index < -0.39 is 11.7 Å². The van der Waals surface area contributed by atoms with Crippen LogP contribution >= 0.6 is 0 Å². The molecule has 0 unspecified atom stereocenters. The average Bonchev–Trinajstić information content (AvgIpc) is 3.17. The van der Waals surface area contributed by atoms with Gasteiger partial charge >= 0.3 is 6.18 Å². The molecule has 1 N–H and O–H groups in total. The smallest absolute Gasteiger partial charge is 0.344 e. The zero-order valence-electron chi connectivity index (χ0n) is 20.9. The standard InChI is InChI=1S/C29H30F3N3O/c1-18(2)17-35-27(28(36)33-20(4)22-12-8-19(3)9-13-22)26-23(6-5-7-25(26)34-35)16-21-10-14-24(15-11-21)29(30,31)32/h5-15,18,20H,16-17H2,1-4H3,(H,33,36)/t20-/m0/s1. The van der Waals surface area contributed by atoms with E-state index in [0.717, 1.165) is 39.8 Å². The van der Waals surface area contributed by atoms with Crippen molar-refractivity contribution in [2.24, 2.45) is 5.92 Å². The molecule has 0 fully saturated rings. The van der Waals surface area contributed by atoms with Crippen molar-refractivity contribution < 1.29 is 18.0 Å². The van der Waals surface area contributed by atoms with Crippen LogP contribution < -0.4 is 5.32 Å². The maximum atomic E-state index is 13.6. The Morgan fingerprint density at radius 3 is 2.25 bits per heavy atom. The molecule has 4 nitrogen and oxygen atoms in total. The van der Waals surface area contributed by atoms with Crippen LogP contribution in [0.1, 0.15) is 65.1 Å². The highest BCUT2D eigenvalue weighted by Crippen LogP contribution is 2.31. The number of alkyl halides is 3. The Labute approximate surface area is 209 Å². The van der Waals surface area contributed by atoms with Gasteiger partial charge in [-0.1, -0.05) is 67.9 Å². The molecule has 1 atom stereocenters. The first-order chi connectivity index (χ1) is 17.0. The summed E-state index contributed by atoms with van der Waals surface area (Å²) in [4.78, 5) is 13.6. The van der Waals surface area contributed by atoms with Crippen molar-refractivity contribution in [3.8, 4) is 0 Å². The number of aryl methyl sites for hydroxylation is 1. The second-order valence-corrected chi connectivity index (χ2v) is 9.71. The number of nitrogens with zero attached hydrogens (tertiary/aromatic N) is 2. The molecule has 4 rings (SSSR count). The SMILES string of the molecule is Cc1ccc([C@H](C)NC(=O)c2c3c(Cc4ccc(C(F)(F)F)cc4)cccc3nn2CC(C)C)cc1. The summed E-state index contributed by atoms with van der Waals surface area (Å²) >= 11 is 0. The number of hydrogen-bond acceptors (Lipinski definition) is 2. The first kappa shape index (κ1) is 25.5. The molecule has 0 spiro atoms. The molecule has 0 aliphatic heterocycles. The highest BCUT2D eigenvalue weighted by atomic mass is 19.4. The number of rotatable bonds is 7. The van der Waals surface area contributed by atoms with E-state index in [1.165, 1.54) is 12.1 Å². The Balaban J connectivity index is 1.72. The van der Waals surface area contributed by atoms with Crippen LogP contribution in [0.25, 0.3) is 10.9 Å². The maximum Gasteiger partial charge on any atom is 0.416 e. The number of nitrogens with one attached hydrogen (secondary N) is 1. The summed E-state index contributed by atoms with van der Waals surface area (Å²) < 4.78 is 40.7. The van der Waals surface area contributed by atoms with E-state index in [9.17, 15) is 18.0 Å².